The number of rotatable bonds is 5. The first-order valence-electron chi connectivity index (χ1n) is 10.0. The first-order valence-corrected chi connectivity index (χ1v) is 10.0. The molecule has 3 aliphatic carbocycles. The van der Waals surface area contributed by atoms with E-state index in [4.69, 9.17) is 4.74 Å². The Morgan fingerprint density at radius 2 is 1.54 bits per heavy atom. The highest BCUT2D eigenvalue weighted by Gasteiger charge is 2.47. The fourth-order valence-corrected chi connectivity index (χ4v) is 4.76. The van der Waals surface area contributed by atoms with Crippen LogP contribution in [0.15, 0.2) is 12.7 Å². The predicted molar refractivity (Wildman–Crippen MR) is 94.1 cm³/mol. The molecule has 3 rings (SSSR count). The lowest BCUT2D eigenvalue weighted by Gasteiger charge is -2.39. The number of halogens is 4. The van der Waals surface area contributed by atoms with Crippen LogP contribution in [0.5, 0.6) is 0 Å². The van der Waals surface area contributed by atoms with Gasteiger partial charge in [-0.2, -0.15) is 8.78 Å². The molecule has 0 spiro atoms. The Bertz CT molecular complexity index is 453. The normalized spacial score (nSPS) is 34.1. The van der Waals surface area contributed by atoms with Crippen molar-refractivity contribution in [1.29, 1.82) is 0 Å². The molecule has 0 aliphatic heterocycles. The van der Waals surface area contributed by atoms with E-state index in [-0.39, 0.29) is 25.2 Å². The molecule has 3 atom stereocenters. The average molecular weight is 374 g/mol. The molecule has 3 fully saturated rings. The van der Waals surface area contributed by atoms with Crippen LogP contribution in [-0.2, 0) is 4.74 Å². The molecule has 0 saturated heterocycles. The fourth-order valence-electron chi connectivity index (χ4n) is 4.76. The second-order valence-electron chi connectivity index (χ2n) is 8.21. The summed E-state index contributed by atoms with van der Waals surface area (Å²) < 4.78 is 60.5. The third-order valence-corrected chi connectivity index (χ3v) is 6.54. The van der Waals surface area contributed by atoms with Gasteiger partial charge in [0.05, 0.1) is 12.0 Å². The Morgan fingerprint density at radius 1 is 0.885 bits per heavy atom. The minimum Gasteiger partial charge on any atom is -0.317 e. The summed E-state index contributed by atoms with van der Waals surface area (Å²) in [6.07, 6.45) is 1.13. The van der Waals surface area contributed by atoms with Crippen molar-refractivity contribution in [1.82, 2.24) is 0 Å². The average Bonchev–Trinajstić information content (AvgIpc) is 2.65. The molecule has 5 heteroatoms. The van der Waals surface area contributed by atoms with Gasteiger partial charge in [-0.3, -0.25) is 0 Å². The molecule has 3 saturated carbocycles. The second kappa shape index (κ2) is 8.62. The summed E-state index contributed by atoms with van der Waals surface area (Å²) >= 11 is 0. The first-order chi connectivity index (χ1) is 12.4. The van der Waals surface area contributed by atoms with Crippen LogP contribution in [0, 0.1) is 23.7 Å². The lowest BCUT2D eigenvalue weighted by molar-refractivity contribution is -0.263. The van der Waals surface area contributed by atoms with Gasteiger partial charge in [-0.25, -0.2) is 8.78 Å². The van der Waals surface area contributed by atoms with Crippen LogP contribution in [0.1, 0.15) is 70.6 Å². The Balaban J connectivity index is 1.45. The quantitative estimate of drug-likeness (QED) is 0.392. The Morgan fingerprint density at radius 3 is 2.12 bits per heavy atom. The van der Waals surface area contributed by atoms with Crippen LogP contribution in [0.4, 0.5) is 17.6 Å². The van der Waals surface area contributed by atoms with Crippen molar-refractivity contribution in [3.63, 3.8) is 0 Å². The van der Waals surface area contributed by atoms with E-state index in [1.807, 2.05) is 6.08 Å². The third-order valence-electron chi connectivity index (χ3n) is 6.54. The van der Waals surface area contributed by atoms with E-state index in [1.54, 1.807) is 0 Å². The number of hydrogen-bond acceptors (Lipinski definition) is 1. The van der Waals surface area contributed by atoms with E-state index in [0.29, 0.717) is 24.7 Å². The maximum absolute atomic E-state index is 14.5. The van der Waals surface area contributed by atoms with Crippen LogP contribution >= 0.6 is 0 Å². The molecule has 0 aromatic carbocycles. The summed E-state index contributed by atoms with van der Waals surface area (Å²) in [6, 6.07) is 0. The first kappa shape index (κ1) is 20.2. The van der Waals surface area contributed by atoms with Gasteiger partial charge >= 0.3 is 6.11 Å². The van der Waals surface area contributed by atoms with Gasteiger partial charge in [-0.1, -0.05) is 6.08 Å². The minimum absolute atomic E-state index is 0.0383. The molecule has 0 aromatic rings. The van der Waals surface area contributed by atoms with Gasteiger partial charge in [0.1, 0.15) is 12.3 Å². The summed E-state index contributed by atoms with van der Waals surface area (Å²) in [7, 11) is 0. The molecule has 26 heavy (non-hydrogen) atoms. The summed E-state index contributed by atoms with van der Waals surface area (Å²) in [5.74, 6) is 2.71. The highest BCUT2D eigenvalue weighted by molar-refractivity contribution is 5.09. The fraction of sp³-hybridized carbons (Fsp3) is 0.810. The Labute approximate surface area is 154 Å². The maximum atomic E-state index is 14.5. The van der Waals surface area contributed by atoms with Gasteiger partial charge in [0.2, 0.25) is 0 Å². The van der Waals surface area contributed by atoms with Crippen LogP contribution in [0.2, 0.25) is 0 Å². The smallest absolute Gasteiger partial charge is 0.317 e. The van der Waals surface area contributed by atoms with Crippen molar-refractivity contribution in [3.8, 4) is 0 Å². The van der Waals surface area contributed by atoms with Gasteiger partial charge < -0.3 is 4.74 Å². The molecule has 148 valence electrons. The zero-order valence-electron chi connectivity index (χ0n) is 15.4. The molecule has 0 aromatic heterocycles. The van der Waals surface area contributed by atoms with Crippen LogP contribution < -0.4 is 0 Å². The summed E-state index contributed by atoms with van der Waals surface area (Å²) in [4.78, 5) is 0. The second-order valence-corrected chi connectivity index (χ2v) is 8.21. The highest BCUT2D eigenvalue weighted by Crippen LogP contribution is 2.48. The molecular formula is C21H30F4O. The summed E-state index contributed by atoms with van der Waals surface area (Å²) in [5.41, 5.74) is 0. The monoisotopic (exact) mass is 374 g/mol. The zero-order chi connectivity index (χ0) is 18.7. The summed E-state index contributed by atoms with van der Waals surface area (Å²) in [6.45, 7) is 3.86. The molecule has 0 bridgehead atoms. The molecule has 1 nitrogen and oxygen atoms in total. The summed E-state index contributed by atoms with van der Waals surface area (Å²) in [5, 5.41) is 0. The van der Waals surface area contributed by atoms with Crippen molar-refractivity contribution in [3.05, 3.63) is 24.5 Å². The Hall–Kier alpha value is -0.580. The predicted octanol–water partition coefficient (Wildman–Crippen LogP) is 6.54. The SMILES string of the molecule is C=CC1CC[C](C2CC[C](C(F)(F)OC3CCC(F)C(F)C3)CC2)CC1. The van der Waals surface area contributed by atoms with Crippen molar-refractivity contribution < 1.29 is 22.3 Å². The van der Waals surface area contributed by atoms with E-state index in [2.05, 4.69) is 6.58 Å². The topological polar surface area (TPSA) is 9.23 Å². The van der Waals surface area contributed by atoms with Gasteiger partial charge in [0.25, 0.3) is 0 Å². The zero-order valence-corrected chi connectivity index (χ0v) is 15.4. The molecule has 3 aliphatic rings. The molecule has 0 amide bonds. The Kier molecular flexibility index (Phi) is 6.68. The van der Waals surface area contributed by atoms with Crippen LogP contribution in [0.25, 0.3) is 0 Å². The van der Waals surface area contributed by atoms with Crippen molar-refractivity contribution >= 4 is 0 Å². The van der Waals surface area contributed by atoms with E-state index in [1.165, 1.54) is 5.92 Å². The molecule has 0 N–H and O–H groups in total. The third kappa shape index (κ3) is 4.82. The van der Waals surface area contributed by atoms with Crippen LogP contribution in [0.3, 0.4) is 0 Å². The largest absolute Gasteiger partial charge is 0.362 e. The number of ether oxygens (including phenoxy) is 1. The van der Waals surface area contributed by atoms with Gasteiger partial charge in [0, 0.05) is 6.42 Å². The van der Waals surface area contributed by atoms with Gasteiger partial charge in [-0.15, -0.1) is 6.58 Å². The standard InChI is InChI=1S/C21H30F4O/c1-2-14-3-5-15(6-4-14)16-7-9-17(10-8-16)21(24,25)26-18-11-12-19(22)20(23)13-18/h2,14,16,18-20H,1,3-13H2. The maximum Gasteiger partial charge on any atom is 0.362 e. The van der Waals surface area contributed by atoms with Crippen LogP contribution in [-0.4, -0.2) is 24.6 Å². The number of hydrogen-bond donors (Lipinski definition) is 0. The lowest BCUT2D eigenvalue weighted by atomic mass is 9.69. The molecule has 0 heterocycles. The van der Waals surface area contributed by atoms with Gasteiger partial charge in [-0.05, 0) is 82.0 Å². The van der Waals surface area contributed by atoms with Gasteiger partial charge in [0.15, 0.2) is 0 Å². The van der Waals surface area contributed by atoms with Crippen molar-refractivity contribution in [2.45, 2.75) is 95.2 Å². The van der Waals surface area contributed by atoms with E-state index >= 15 is 0 Å². The molecule has 3 unspecified atom stereocenters. The van der Waals surface area contributed by atoms with E-state index < -0.39 is 24.6 Å². The van der Waals surface area contributed by atoms with Crippen molar-refractivity contribution in [2.24, 2.45) is 11.8 Å². The minimum atomic E-state index is -3.32. The molecular weight excluding hydrogens is 344 g/mol. The number of alkyl halides is 4. The van der Waals surface area contributed by atoms with Crippen molar-refractivity contribution in [2.75, 3.05) is 0 Å². The highest BCUT2D eigenvalue weighted by atomic mass is 19.3. The van der Waals surface area contributed by atoms with E-state index in [9.17, 15) is 17.6 Å². The van der Waals surface area contributed by atoms with E-state index in [0.717, 1.165) is 38.5 Å². The molecule has 2 radical (unpaired) electrons. The number of allylic oxidation sites excluding steroid dienone is 1. The lowest BCUT2D eigenvalue weighted by Crippen LogP contribution is -2.41.